The van der Waals surface area contributed by atoms with Crippen molar-refractivity contribution in [3.05, 3.63) is 78.5 Å². The van der Waals surface area contributed by atoms with Crippen LogP contribution in [0.3, 0.4) is 0 Å². The Hall–Kier alpha value is -2.54. The first-order valence-corrected chi connectivity index (χ1v) is 9.34. The van der Waals surface area contributed by atoms with Gasteiger partial charge in [-0.05, 0) is 47.6 Å². The zero-order valence-electron chi connectivity index (χ0n) is 16.4. The third-order valence-electron chi connectivity index (χ3n) is 4.99. The van der Waals surface area contributed by atoms with Crippen molar-refractivity contribution >= 4 is 23.1 Å². The lowest BCUT2D eigenvalue weighted by molar-refractivity contribution is 0.349. The number of aromatic nitrogens is 1. The van der Waals surface area contributed by atoms with E-state index in [0.29, 0.717) is 11.3 Å². The molecule has 1 heterocycles. The van der Waals surface area contributed by atoms with Gasteiger partial charge in [0.25, 0.3) is 0 Å². The molecule has 1 heteroatoms. The molecular formula is C25H29N. The minimum atomic E-state index is 0.337. The molecule has 0 radical (unpaired) electrons. The van der Waals surface area contributed by atoms with Crippen LogP contribution in [0, 0.1) is 5.41 Å². The summed E-state index contributed by atoms with van der Waals surface area (Å²) >= 11 is 0. The third kappa shape index (κ3) is 3.39. The molecule has 1 atom stereocenters. The fraction of sp³-hybridized carbons (Fsp3) is 0.280. The van der Waals surface area contributed by atoms with E-state index < -0.39 is 0 Å². The lowest BCUT2D eigenvalue weighted by atomic mass is 9.82. The lowest BCUT2D eigenvalue weighted by Gasteiger charge is -2.23. The summed E-state index contributed by atoms with van der Waals surface area (Å²) in [5.41, 5.74) is 6.31. The van der Waals surface area contributed by atoms with E-state index in [9.17, 15) is 0 Å². The predicted octanol–water partition coefficient (Wildman–Crippen LogP) is 7.46. The minimum absolute atomic E-state index is 0.337. The summed E-state index contributed by atoms with van der Waals surface area (Å²) in [4.78, 5) is 0. The zero-order valence-corrected chi connectivity index (χ0v) is 16.4. The molecule has 134 valence electrons. The molecule has 26 heavy (non-hydrogen) atoms. The molecule has 3 aromatic rings. The average molecular weight is 344 g/mol. The summed E-state index contributed by atoms with van der Waals surface area (Å²) in [6.07, 6.45) is 5.03. The predicted molar refractivity (Wildman–Crippen MR) is 116 cm³/mol. The number of fused-ring (bicyclic) bond motifs is 1. The molecule has 0 aliphatic rings. The van der Waals surface area contributed by atoms with Crippen molar-refractivity contribution < 1.29 is 0 Å². The van der Waals surface area contributed by atoms with Crippen LogP contribution in [0.5, 0.6) is 0 Å². The normalized spacial score (nSPS) is 12.9. The van der Waals surface area contributed by atoms with Gasteiger partial charge in [-0.25, -0.2) is 0 Å². The van der Waals surface area contributed by atoms with Crippen molar-refractivity contribution in [2.24, 2.45) is 5.41 Å². The zero-order chi connectivity index (χ0) is 18.9. The van der Waals surface area contributed by atoms with Crippen molar-refractivity contribution in [2.45, 2.75) is 40.0 Å². The largest absolute Gasteiger partial charge is 0.309 e. The number of nitrogens with zero attached hydrogens (tertiary/aromatic N) is 1. The molecule has 0 fully saturated rings. The molecule has 1 nitrogen and oxygen atoms in total. The average Bonchev–Trinajstić information content (AvgIpc) is 2.93. The maximum absolute atomic E-state index is 4.04. The molecule has 0 saturated heterocycles. The van der Waals surface area contributed by atoms with Crippen LogP contribution in [0.4, 0.5) is 0 Å². The van der Waals surface area contributed by atoms with Crippen LogP contribution in [0.2, 0.25) is 0 Å². The highest BCUT2D eigenvalue weighted by molar-refractivity contribution is 5.95. The number of para-hydroxylation sites is 1. The summed E-state index contributed by atoms with van der Waals surface area (Å²) < 4.78 is 2.28. The van der Waals surface area contributed by atoms with Gasteiger partial charge in [-0.15, -0.1) is 0 Å². The van der Waals surface area contributed by atoms with E-state index >= 15 is 0 Å². The van der Waals surface area contributed by atoms with E-state index in [1.807, 2.05) is 12.2 Å². The van der Waals surface area contributed by atoms with Gasteiger partial charge in [0.05, 0.1) is 11.2 Å². The second kappa shape index (κ2) is 6.99. The summed E-state index contributed by atoms with van der Waals surface area (Å²) in [6, 6.07) is 17.4. The van der Waals surface area contributed by atoms with Crippen LogP contribution in [0.15, 0.2) is 61.7 Å². The topological polar surface area (TPSA) is 4.93 Å². The van der Waals surface area contributed by atoms with Crippen LogP contribution in [0.25, 0.3) is 28.7 Å². The standard InChI is InChI=1S/C25H29N/c1-7-21-22-11-9-10-12-24(22)26(23(21)8-2)20-15-13-19(14-16-20)18(3)17-25(4,5)6/h7-16,18H,1-2,17H2,3-6H3. The van der Waals surface area contributed by atoms with Crippen LogP contribution >= 0.6 is 0 Å². The Bertz CT molecular complexity index is 933. The summed E-state index contributed by atoms with van der Waals surface area (Å²) in [7, 11) is 0. The highest BCUT2D eigenvalue weighted by Crippen LogP contribution is 2.33. The monoisotopic (exact) mass is 343 g/mol. The van der Waals surface area contributed by atoms with Gasteiger partial charge in [-0.1, -0.05) is 77.3 Å². The smallest absolute Gasteiger partial charge is 0.0541 e. The van der Waals surface area contributed by atoms with E-state index in [2.05, 4.69) is 94.0 Å². The van der Waals surface area contributed by atoms with E-state index in [-0.39, 0.29) is 0 Å². The molecule has 3 rings (SSSR count). The summed E-state index contributed by atoms with van der Waals surface area (Å²) in [5, 5.41) is 1.21. The van der Waals surface area contributed by atoms with Gasteiger partial charge < -0.3 is 4.57 Å². The van der Waals surface area contributed by atoms with Gasteiger partial charge in [-0.3, -0.25) is 0 Å². The Kier molecular flexibility index (Phi) is 4.91. The number of hydrogen-bond acceptors (Lipinski definition) is 0. The molecule has 0 spiro atoms. The van der Waals surface area contributed by atoms with E-state index in [1.165, 1.54) is 22.9 Å². The third-order valence-corrected chi connectivity index (χ3v) is 4.99. The molecule has 1 aromatic heterocycles. The van der Waals surface area contributed by atoms with Crippen LogP contribution in [-0.2, 0) is 0 Å². The highest BCUT2D eigenvalue weighted by atomic mass is 15.0. The van der Waals surface area contributed by atoms with Gasteiger partial charge in [0, 0.05) is 16.6 Å². The van der Waals surface area contributed by atoms with Gasteiger partial charge >= 0.3 is 0 Å². The maximum Gasteiger partial charge on any atom is 0.0541 e. The fourth-order valence-corrected chi connectivity index (χ4v) is 3.97. The quantitative estimate of drug-likeness (QED) is 0.453. The molecule has 0 bridgehead atoms. The highest BCUT2D eigenvalue weighted by Gasteiger charge is 2.18. The molecule has 2 aromatic carbocycles. The first kappa shape index (κ1) is 18.3. The Morgan fingerprint density at radius 3 is 2.19 bits per heavy atom. The van der Waals surface area contributed by atoms with Crippen molar-refractivity contribution in [1.82, 2.24) is 4.57 Å². The summed E-state index contributed by atoms with van der Waals surface area (Å²) in [5.74, 6) is 0.549. The van der Waals surface area contributed by atoms with E-state index in [0.717, 1.165) is 16.9 Å². The molecule has 0 N–H and O–H groups in total. The van der Waals surface area contributed by atoms with Gasteiger partial charge in [0.2, 0.25) is 0 Å². The molecule has 0 saturated carbocycles. The van der Waals surface area contributed by atoms with Crippen LogP contribution in [0.1, 0.15) is 56.9 Å². The van der Waals surface area contributed by atoms with Gasteiger partial charge in [0.15, 0.2) is 0 Å². The SMILES string of the molecule is C=Cc1c(C=C)n(-c2ccc(C(C)CC(C)(C)C)cc2)c2ccccc12. The minimum Gasteiger partial charge on any atom is -0.309 e. The Morgan fingerprint density at radius 2 is 1.62 bits per heavy atom. The molecule has 0 amide bonds. The molecule has 1 unspecified atom stereocenters. The van der Waals surface area contributed by atoms with Crippen molar-refractivity contribution in [2.75, 3.05) is 0 Å². The van der Waals surface area contributed by atoms with Crippen LogP contribution in [-0.4, -0.2) is 4.57 Å². The number of benzene rings is 2. The second-order valence-electron chi connectivity index (χ2n) is 8.32. The molecular weight excluding hydrogens is 314 g/mol. The number of hydrogen-bond donors (Lipinski definition) is 0. The van der Waals surface area contributed by atoms with Crippen molar-refractivity contribution in [1.29, 1.82) is 0 Å². The van der Waals surface area contributed by atoms with Crippen molar-refractivity contribution in [3.8, 4) is 5.69 Å². The molecule has 0 aliphatic heterocycles. The summed E-state index contributed by atoms with van der Waals surface area (Å²) in [6.45, 7) is 17.3. The Balaban J connectivity index is 2.08. The Labute approximate surface area is 157 Å². The molecule has 0 aliphatic carbocycles. The Morgan fingerprint density at radius 1 is 0.962 bits per heavy atom. The second-order valence-corrected chi connectivity index (χ2v) is 8.32. The maximum atomic E-state index is 4.04. The lowest BCUT2D eigenvalue weighted by Crippen LogP contribution is -2.10. The van der Waals surface area contributed by atoms with Crippen LogP contribution < -0.4 is 0 Å². The fourth-order valence-electron chi connectivity index (χ4n) is 3.97. The van der Waals surface area contributed by atoms with Gasteiger partial charge in [-0.2, -0.15) is 0 Å². The van der Waals surface area contributed by atoms with E-state index in [4.69, 9.17) is 0 Å². The van der Waals surface area contributed by atoms with Gasteiger partial charge in [0.1, 0.15) is 0 Å². The van der Waals surface area contributed by atoms with Crippen molar-refractivity contribution in [3.63, 3.8) is 0 Å². The first-order chi connectivity index (χ1) is 12.4. The van der Waals surface area contributed by atoms with E-state index in [1.54, 1.807) is 0 Å². The number of rotatable bonds is 5. The first-order valence-electron chi connectivity index (χ1n) is 9.34.